The van der Waals surface area contributed by atoms with E-state index in [2.05, 4.69) is 90.9 Å². The minimum atomic E-state index is 0.552. The summed E-state index contributed by atoms with van der Waals surface area (Å²) in [6.07, 6.45) is 2.32. The molecule has 3 aromatic carbocycles. The first-order chi connectivity index (χ1) is 13.8. The Kier molecular flexibility index (Phi) is 5.36. The lowest BCUT2D eigenvalue weighted by Crippen LogP contribution is -2.43. The molecule has 150 valence electrons. The maximum Gasteiger partial charge on any atom is 0.185 e. The maximum absolute atomic E-state index is 2.52. The summed E-state index contributed by atoms with van der Waals surface area (Å²) in [7, 11) is 0. The minimum absolute atomic E-state index is 0.552. The molecule has 4 rings (SSSR count). The van der Waals surface area contributed by atoms with Crippen molar-refractivity contribution in [2.45, 2.75) is 78.9 Å². The second-order valence-corrected chi connectivity index (χ2v) is 10.1. The third-order valence-electron chi connectivity index (χ3n) is 6.95. The van der Waals surface area contributed by atoms with Gasteiger partial charge in [0.25, 0.3) is 0 Å². The van der Waals surface area contributed by atoms with Gasteiger partial charge in [0, 0.05) is 0 Å². The summed E-state index contributed by atoms with van der Waals surface area (Å²) in [5.41, 5.74) is 10.8. The first kappa shape index (κ1) is 20.3. The molecule has 0 saturated heterocycles. The van der Waals surface area contributed by atoms with Crippen molar-refractivity contribution in [1.29, 1.82) is 0 Å². The van der Waals surface area contributed by atoms with Gasteiger partial charge in [-0.2, -0.15) is 0 Å². The van der Waals surface area contributed by atoms with Gasteiger partial charge in [-0.1, -0.05) is 101 Å². The van der Waals surface area contributed by atoms with E-state index in [4.69, 9.17) is 0 Å². The van der Waals surface area contributed by atoms with E-state index >= 15 is 0 Å². The van der Waals surface area contributed by atoms with Crippen molar-refractivity contribution in [3.63, 3.8) is 0 Å². The quantitative estimate of drug-likeness (QED) is 0.422. The first-order valence-electron chi connectivity index (χ1n) is 11.5. The minimum Gasteiger partial charge on any atom is -0.0726 e. The molecule has 0 nitrogen and oxygen atoms in total. The standard InChI is InChI=1S/C28H35B/c1-17(2)23-13-25(18(3)4)28(26(14-23)19(5)6)29-15-21-9-8-10-24-20(7)11-12-22(16-29)27(21)24/h8-14,17-19H,15-16H2,1-7H3. The molecule has 0 N–H and O–H groups in total. The van der Waals surface area contributed by atoms with E-state index in [1.165, 1.54) is 33.0 Å². The van der Waals surface area contributed by atoms with Crippen molar-refractivity contribution in [3.8, 4) is 0 Å². The summed E-state index contributed by atoms with van der Waals surface area (Å²) in [5, 5.41) is 2.97. The number of hydrogen-bond donors (Lipinski definition) is 0. The lowest BCUT2D eigenvalue weighted by atomic mass is 9.35. The molecule has 0 fully saturated rings. The van der Waals surface area contributed by atoms with Gasteiger partial charge >= 0.3 is 0 Å². The first-order valence-corrected chi connectivity index (χ1v) is 11.5. The monoisotopic (exact) mass is 382 g/mol. The highest BCUT2D eigenvalue weighted by Gasteiger charge is 2.30. The van der Waals surface area contributed by atoms with Crippen LogP contribution in [0.2, 0.25) is 0 Å². The van der Waals surface area contributed by atoms with Crippen molar-refractivity contribution in [1.82, 2.24) is 0 Å². The fourth-order valence-electron chi connectivity index (χ4n) is 5.34. The van der Waals surface area contributed by atoms with Crippen molar-refractivity contribution in [3.05, 3.63) is 75.8 Å². The van der Waals surface area contributed by atoms with Crippen LogP contribution >= 0.6 is 0 Å². The average Bonchev–Trinajstić information content (AvgIpc) is 2.69. The Labute approximate surface area is 177 Å². The Bertz CT molecular complexity index is 1010. The molecule has 1 heteroatoms. The van der Waals surface area contributed by atoms with E-state index in [0.717, 1.165) is 12.6 Å². The highest BCUT2D eigenvalue weighted by molar-refractivity contribution is 6.74. The summed E-state index contributed by atoms with van der Waals surface area (Å²) in [4.78, 5) is 0. The molecule has 1 aliphatic heterocycles. The van der Waals surface area contributed by atoms with Gasteiger partial charge in [0.15, 0.2) is 6.71 Å². The van der Waals surface area contributed by atoms with E-state index in [1.807, 2.05) is 0 Å². The third kappa shape index (κ3) is 3.54. The van der Waals surface area contributed by atoms with E-state index in [9.17, 15) is 0 Å². The van der Waals surface area contributed by atoms with E-state index in [0.29, 0.717) is 24.5 Å². The Morgan fingerprint density at radius 3 is 1.86 bits per heavy atom. The van der Waals surface area contributed by atoms with Crippen LogP contribution in [0.25, 0.3) is 10.8 Å². The van der Waals surface area contributed by atoms with Gasteiger partial charge in [-0.25, -0.2) is 0 Å². The summed E-state index contributed by atoms with van der Waals surface area (Å²) in [5.74, 6) is 1.68. The molecular weight excluding hydrogens is 347 g/mol. The van der Waals surface area contributed by atoms with Crippen LogP contribution in [0.15, 0.2) is 42.5 Å². The van der Waals surface area contributed by atoms with Crippen LogP contribution in [0.4, 0.5) is 0 Å². The fraction of sp³-hybridized carbons (Fsp3) is 0.429. The van der Waals surface area contributed by atoms with Crippen LogP contribution in [0.3, 0.4) is 0 Å². The van der Waals surface area contributed by atoms with Crippen molar-refractivity contribution in [2.75, 3.05) is 0 Å². The SMILES string of the molecule is Cc1ccc2c3c(cccc13)CB(c1c(C(C)C)cc(C(C)C)cc1C(C)C)C2. The predicted molar refractivity (Wildman–Crippen MR) is 130 cm³/mol. The fourth-order valence-corrected chi connectivity index (χ4v) is 5.34. The summed E-state index contributed by atoms with van der Waals surface area (Å²) < 4.78 is 0. The van der Waals surface area contributed by atoms with Gasteiger partial charge in [-0.05, 0) is 70.3 Å². The van der Waals surface area contributed by atoms with Gasteiger partial charge in [0.2, 0.25) is 0 Å². The predicted octanol–water partition coefficient (Wildman–Crippen LogP) is 7.10. The second kappa shape index (κ2) is 7.67. The molecule has 0 spiro atoms. The zero-order valence-corrected chi connectivity index (χ0v) is 19.3. The van der Waals surface area contributed by atoms with Gasteiger partial charge in [0.05, 0.1) is 0 Å². The normalized spacial score (nSPS) is 13.9. The summed E-state index contributed by atoms with van der Waals surface area (Å²) in [6, 6.07) is 16.7. The average molecular weight is 382 g/mol. The zero-order valence-electron chi connectivity index (χ0n) is 19.3. The molecule has 0 unspecified atom stereocenters. The Balaban J connectivity index is 1.90. The topological polar surface area (TPSA) is 0 Å². The highest BCUT2D eigenvalue weighted by atomic mass is 14.2. The molecule has 0 aromatic heterocycles. The smallest absolute Gasteiger partial charge is 0.0726 e. The van der Waals surface area contributed by atoms with Crippen LogP contribution in [0.5, 0.6) is 0 Å². The van der Waals surface area contributed by atoms with E-state index in [1.54, 1.807) is 16.6 Å². The molecular formula is C28H35B. The summed E-state index contributed by atoms with van der Waals surface area (Å²) >= 11 is 0. The van der Waals surface area contributed by atoms with Crippen LogP contribution in [-0.2, 0) is 12.6 Å². The second-order valence-electron chi connectivity index (χ2n) is 10.1. The zero-order chi connectivity index (χ0) is 20.9. The molecule has 3 aromatic rings. The largest absolute Gasteiger partial charge is 0.185 e. The lowest BCUT2D eigenvalue weighted by molar-refractivity contribution is 0.811. The van der Waals surface area contributed by atoms with E-state index in [-0.39, 0.29) is 0 Å². The van der Waals surface area contributed by atoms with Crippen LogP contribution < -0.4 is 5.46 Å². The molecule has 0 aliphatic carbocycles. The number of rotatable bonds is 4. The van der Waals surface area contributed by atoms with Gasteiger partial charge < -0.3 is 0 Å². The molecule has 0 radical (unpaired) electrons. The number of benzene rings is 3. The van der Waals surface area contributed by atoms with Gasteiger partial charge in [0.1, 0.15) is 0 Å². The molecule has 29 heavy (non-hydrogen) atoms. The van der Waals surface area contributed by atoms with Crippen LogP contribution in [0, 0.1) is 6.92 Å². The van der Waals surface area contributed by atoms with Crippen molar-refractivity contribution < 1.29 is 0 Å². The van der Waals surface area contributed by atoms with E-state index < -0.39 is 0 Å². The van der Waals surface area contributed by atoms with Crippen LogP contribution in [-0.4, -0.2) is 6.71 Å². The Hall–Kier alpha value is -2.02. The molecule has 1 heterocycles. The Morgan fingerprint density at radius 1 is 0.724 bits per heavy atom. The maximum atomic E-state index is 2.52. The molecule has 0 saturated carbocycles. The summed E-state index contributed by atoms with van der Waals surface area (Å²) in [6.45, 7) is 16.9. The molecule has 0 bridgehead atoms. The number of hydrogen-bond acceptors (Lipinski definition) is 0. The molecule has 1 aliphatic rings. The van der Waals surface area contributed by atoms with Gasteiger partial charge in [-0.15, -0.1) is 0 Å². The third-order valence-corrected chi connectivity index (χ3v) is 6.95. The lowest BCUT2D eigenvalue weighted by Gasteiger charge is -2.30. The van der Waals surface area contributed by atoms with Crippen molar-refractivity contribution in [2.24, 2.45) is 0 Å². The number of aryl methyl sites for hydroxylation is 1. The Morgan fingerprint density at radius 2 is 1.31 bits per heavy atom. The highest BCUT2D eigenvalue weighted by Crippen LogP contribution is 2.34. The van der Waals surface area contributed by atoms with Crippen molar-refractivity contribution >= 4 is 22.9 Å². The molecule has 0 amide bonds. The van der Waals surface area contributed by atoms with Gasteiger partial charge in [-0.3, -0.25) is 0 Å². The van der Waals surface area contributed by atoms with Crippen LogP contribution in [0.1, 0.15) is 92.7 Å². The molecule has 0 atom stereocenters.